The molecule has 6 heteroatoms. The number of rotatable bonds is 6. The second kappa shape index (κ2) is 6.04. The highest BCUT2D eigenvalue weighted by Gasteiger charge is 1.99. The molecular formula is C7H12O4S2. The Morgan fingerprint density at radius 1 is 1.54 bits per heavy atom. The predicted molar refractivity (Wildman–Crippen MR) is 53.8 cm³/mol. The van der Waals surface area contributed by atoms with Crippen LogP contribution >= 0.6 is 11.8 Å². The van der Waals surface area contributed by atoms with Gasteiger partial charge in [-0.2, -0.15) is 11.8 Å². The summed E-state index contributed by atoms with van der Waals surface area (Å²) in [6.45, 7) is 0. The van der Waals surface area contributed by atoms with Crippen LogP contribution < -0.4 is 0 Å². The van der Waals surface area contributed by atoms with Crippen molar-refractivity contribution in [2.45, 2.75) is 0 Å². The van der Waals surface area contributed by atoms with E-state index in [9.17, 15) is 13.2 Å². The number of sulfone groups is 1. The van der Waals surface area contributed by atoms with Crippen molar-refractivity contribution in [3.63, 3.8) is 0 Å². The zero-order valence-electron chi connectivity index (χ0n) is 7.26. The van der Waals surface area contributed by atoms with Gasteiger partial charge in [-0.3, -0.25) is 0 Å². The molecule has 0 unspecified atom stereocenters. The summed E-state index contributed by atoms with van der Waals surface area (Å²) in [6, 6.07) is 0. The van der Waals surface area contributed by atoms with Gasteiger partial charge in [-0.05, 0) is 0 Å². The van der Waals surface area contributed by atoms with E-state index in [2.05, 4.69) is 0 Å². The lowest BCUT2D eigenvalue weighted by molar-refractivity contribution is -0.131. The van der Waals surface area contributed by atoms with Crippen molar-refractivity contribution < 1.29 is 18.3 Å². The van der Waals surface area contributed by atoms with E-state index in [1.807, 2.05) is 0 Å². The molecule has 0 saturated heterocycles. The summed E-state index contributed by atoms with van der Waals surface area (Å²) in [6.07, 6.45) is 3.73. The molecule has 0 fully saturated rings. The molecule has 0 spiro atoms. The van der Waals surface area contributed by atoms with Gasteiger partial charge in [0.2, 0.25) is 0 Å². The van der Waals surface area contributed by atoms with Crippen molar-refractivity contribution in [1.29, 1.82) is 0 Å². The lowest BCUT2D eigenvalue weighted by atomic mass is 10.5. The first kappa shape index (κ1) is 12.5. The van der Waals surface area contributed by atoms with Gasteiger partial charge in [-0.25, -0.2) is 13.2 Å². The zero-order valence-corrected chi connectivity index (χ0v) is 8.90. The third-order valence-electron chi connectivity index (χ3n) is 1.07. The third kappa shape index (κ3) is 11.5. The molecule has 0 atom stereocenters. The van der Waals surface area contributed by atoms with Crippen LogP contribution in [-0.2, 0) is 14.6 Å². The molecule has 0 radical (unpaired) electrons. The average molecular weight is 224 g/mol. The molecule has 0 aromatic carbocycles. The molecule has 0 saturated carbocycles. The molecule has 0 amide bonds. The van der Waals surface area contributed by atoms with E-state index < -0.39 is 15.8 Å². The smallest absolute Gasteiger partial charge is 0.328 e. The van der Waals surface area contributed by atoms with Gasteiger partial charge in [0.15, 0.2) is 0 Å². The maximum Gasteiger partial charge on any atom is 0.328 e. The number of carbonyl (C=O) groups is 1. The van der Waals surface area contributed by atoms with E-state index in [4.69, 9.17) is 5.11 Å². The first-order valence-electron chi connectivity index (χ1n) is 3.57. The molecule has 0 rings (SSSR count). The molecule has 0 aliphatic heterocycles. The summed E-state index contributed by atoms with van der Waals surface area (Å²) in [5.74, 6) is 0.187. The number of thioether (sulfide) groups is 1. The second-order valence-corrected chi connectivity index (χ2v) is 5.85. The van der Waals surface area contributed by atoms with Gasteiger partial charge in [-0.15, -0.1) is 0 Å². The highest BCUT2D eigenvalue weighted by Crippen LogP contribution is 2.01. The van der Waals surface area contributed by atoms with Crippen molar-refractivity contribution in [1.82, 2.24) is 0 Å². The number of hydrogen-bond donors (Lipinski definition) is 1. The van der Waals surface area contributed by atoms with E-state index in [0.29, 0.717) is 11.5 Å². The van der Waals surface area contributed by atoms with Crippen LogP contribution in [0.3, 0.4) is 0 Å². The topological polar surface area (TPSA) is 71.4 Å². The van der Waals surface area contributed by atoms with Gasteiger partial charge in [0.25, 0.3) is 0 Å². The Kier molecular flexibility index (Phi) is 5.81. The predicted octanol–water partition coefficient (Wildman–Crippen LogP) is 0.405. The lowest BCUT2D eigenvalue weighted by Crippen LogP contribution is -2.05. The molecule has 0 bridgehead atoms. The van der Waals surface area contributed by atoms with Crippen LogP contribution in [0.2, 0.25) is 0 Å². The van der Waals surface area contributed by atoms with Gasteiger partial charge in [-0.1, -0.05) is 6.08 Å². The summed E-state index contributed by atoms with van der Waals surface area (Å²) in [4.78, 5) is 10.00. The first-order chi connectivity index (χ1) is 5.92. The average Bonchev–Trinajstić information content (AvgIpc) is 1.93. The molecular weight excluding hydrogens is 212 g/mol. The molecule has 13 heavy (non-hydrogen) atoms. The minimum absolute atomic E-state index is 0.137. The fourth-order valence-electron chi connectivity index (χ4n) is 0.511. The molecule has 0 aliphatic rings. The van der Waals surface area contributed by atoms with Crippen LogP contribution in [0, 0.1) is 0 Å². The quantitative estimate of drug-likeness (QED) is 0.522. The number of aliphatic carboxylic acids is 1. The Bertz CT molecular complexity index is 279. The lowest BCUT2D eigenvalue weighted by Gasteiger charge is -1.95. The molecule has 1 N–H and O–H groups in total. The maximum atomic E-state index is 10.6. The SMILES string of the molecule is CS(=O)(=O)CCSCC=CC(=O)O. The molecule has 0 aliphatic carbocycles. The highest BCUT2D eigenvalue weighted by atomic mass is 32.2. The summed E-state index contributed by atoms with van der Waals surface area (Å²) >= 11 is 1.39. The normalized spacial score (nSPS) is 12.1. The second-order valence-electron chi connectivity index (χ2n) is 2.45. The van der Waals surface area contributed by atoms with E-state index >= 15 is 0 Å². The monoisotopic (exact) mass is 224 g/mol. The Balaban J connectivity index is 3.43. The van der Waals surface area contributed by atoms with Gasteiger partial charge in [0, 0.05) is 23.8 Å². The van der Waals surface area contributed by atoms with Crippen LogP contribution in [-0.4, -0.2) is 43.0 Å². The van der Waals surface area contributed by atoms with Gasteiger partial charge < -0.3 is 5.11 Å². The van der Waals surface area contributed by atoms with E-state index in [0.717, 1.165) is 6.08 Å². The number of carboxylic acid groups (broad SMARTS) is 1. The largest absolute Gasteiger partial charge is 0.478 e. The van der Waals surface area contributed by atoms with Crippen LogP contribution in [0.1, 0.15) is 0 Å². The first-order valence-corrected chi connectivity index (χ1v) is 6.78. The minimum atomic E-state index is -2.89. The van der Waals surface area contributed by atoms with Gasteiger partial charge in [0.05, 0.1) is 5.75 Å². The fraction of sp³-hybridized carbons (Fsp3) is 0.571. The van der Waals surface area contributed by atoms with Gasteiger partial charge in [0.1, 0.15) is 9.84 Å². The van der Waals surface area contributed by atoms with Crippen LogP contribution in [0.15, 0.2) is 12.2 Å². The summed E-state index contributed by atoms with van der Waals surface area (Å²) in [5, 5.41) is 8.21. The Morgan fingerprint density at radius 3 is 2.62 bits per heavy atom. The molecule has 0 aromatic rings. The van der Waals surface area contributed by atoms with Crippen LogP contribution in [0.4, 0.5) is 0 Å². The van der Waals surface area contributed by atoms with Crippen molar-refractivity contribution in [2.24, 2.45) is 0 Å². The number of hydrogen-bond acceptors (Lipinski definition) is 4. The summed E-state index contributed by atoms with van der Waals surface area (Å²) in [5.41, 5.74) is 0. The number of carboxylic acids is 1. The van der Waals surface area contributed by atoms with E-state index in [-0.39, 0.29) is 5.75 Å². The summed E-state index contributed by atoms with van der Waals surface area (Å²) in [7, 11) is -2.89. The van der Waals surface area contributed by atoms with E-state index in [1.165, 1.54) is 24.1 Å². The maximum absolute atomic E-state index is 10.6. The van der Waals surface area contributed by atoms with Gasteiger partial charge >= 0.3 is 5.97 Å². The minimum Gasteiger partial charge on any atom is -0.478 e. The van der Waals surface area contributed by atoms with Crippen molar-refractivity contribution in [3.05, 3.63) is 12.2 Å². The third-order valence-corrected chi connectivity index (χ3v) is 3.20. The van der Waals surface area contributed by atoms with Crippen LogP contribution in [0.5, 0.6) is 0 Å². The molecule has 0 aromatic heterocycles. The Labute approximate surface area is 81.9 Å². The van der Waals surface area contributed by atoms with Crippen LogP contribution in [0.25, 0.3) is 0 Å². The van der Waals surface area contributed by atoms with Crippen molar-refractivity contribution >= 4 is 27.6 Å². The summed E-state index contributed by atoms with van der Waals surface area (Å²) < 4.78 is 21.3. The van der Waals surface area contributed by atoms with Crippen molar-refractivity contribution in [2.75, 3.05) is 23.5 Å². The fourth-order valence-corrected chi connectivity index (χ4v) is 2.59. The Morgan fingerprint density at radius 2 is 2.15 bits per heavy atom. The molecule has 4 nitrogen and oxygen atoms in total. The van der Waals surface area contributed by atoms with E-state index in [1.54, 1.807) is 0 Å². The zero-order chi connectivity index (χ0) is 10.3. The van der Waals surface area contributed by atoms with Crippen molar-refractivity contribution in [3.8, 4) is 0 Å². The standard InChI is InChI=1S/C7H12O4S2/c1-13(10,11)6-5-12-4-2-3-7(8)9/h2-3H,4-6H2,1H3,(H,8,9). The molecule has 0 heterocycles. The molecule has 76 valence electrons. The highest BCUT2D eigenvalue weighted by molar-refractivity contribution is 8.00. The Hall–Kier alpha value is -0.490.